The summed E-state index contributed by atoms with van der Waals surface area (Å²) in [5.41, 5.74) is 12.0. The predicted octanol–water partition coefficient (Wildman–Crippen LogP) is 0.299. The molecule has 0 radical (unpaired) electrons. The summed E-state index contributed by atoms with van der Waals surface area (Å²) >= 11 is 1.35. The minimum Gasteiger partial charge on any atom is -0.369 e. The highest BCUT2D eigenvalue weighted by atomic mass is 32.1. The van der Waals surface area contributed by atoms with Crippen molar-refractivity contribution in [3.05, 3.63) is 23.8 Å². The SMILES string of the molecule is NC(N)=NN=Cc1ccc2snnc2c1. The lowest BCUT2D eigenvalue weighted by Gasteiger charge is -1.90. The molecule has 1 aromatic heterocycles. The van der Waals surface area contributed by atoms with Gasteiger partial charge in [-0.15, -0.1) is 10.2 Å². The zero-order valence-electron chi connectivity index (χ0n) is 7.66. The average molecular weight is 220 g/mol. The van der Waals surface area contributed by atoms with E-state index < -0.39 is 0 Å². The van der Waals surface area contributed by atoms with Crippen molar-refractivity contribution >= 4 is 33.9 Å². The van der Waals surface area contributed by atoms with Gasteiger partial charge in [-0.05, 0) is 29.2 Å². The Hall–Kier alpha value is -2.02. The Kier molecular flexibility index (Phi) is 2.55. The van der Waals surface area contributed by atoms with E-state index in [0.717, 1.165) is 15.8 Å². The van der Waals surface area contributed by atoms with E-state index in [0.29, 0.717) is 0 Å². The molecule has 0 amide bonds. The molecule has 0 aliphatic rings. The maximum absolute atomic E-state index is 5.12. The summed E-state index contributed by atoms with van der Waals surface area (Å²) in [5.74, 6) is -0.0670. The highest BCUT2D eigenvalue weighted by Gasteiger charge is 1.97. The fourth-order valence-electron chi connectivity index (χ4n) is 1.04. The third-order valence-corrected chi connectivity index (χ3v) is 2.36. The van der Waals surface area contributed by atoms with Crippen LogP contribution in [0.5, 0.6) is 0 Å². The van der Waals surface area contributed by atoms with Gasteiger partial charge in [0.15, 0.2) is 0 Å². The molecule has 4 N–H and O–H groups in total. The first-order valence-corrected chi connectivity index (χ1v) is 4.87. The molecule has 0 unspecified atom stereocenters. The Morgan fingerprint density at radius 2 is 2.27 bits per heavy atom. The Morgan fingerprint density at radius 3 is 3.07 bits per heavy atom. The monoisotopic (exact) mass is 220 g/mol. The summed E-state index contributed by atoms with van der Waals surface area (Å²) in [6.45, 7) is 0. The van der Waals surface area contributed by atoms with Crippen molar-refractivity contribution in [2.24, 2.45) is 21.7 Å². The zero-order chi connectivity index (χ0) is 10.7. The average Bonchev–Trinajstić information content (AvgIpc) is 2.64. The number of fused-ring (bicyclic) bond motifs is 1. The summed E-state index contributed by atoms with van der Waals surface area (Å²) < 4.78 is 4.87. The fraction of sp³-hybridized carbons (Fsp3) is 0. The van der Waals surface area contributed by atoms with E-state index >= 15 is 0 Å². The molecule has 76 valence electrons. The Morgan fingerprint density at radius 1 is 1.40 bits per heavy atom. The van der Waals surface area contributed by atoms with Gasteiger partial charge in [-0.1, -0.05) is 10.6 Å². The van der Waals surface area contributed by atoms with Gasteiger partial charge in [0, 0.05) is 0 Å². The Bertz CT molecular complexity index is 525. The molecule has 0 bridgehead atoms. The van der Waals surface area contributed by atoms with Gasteiger partial charge < -0.3 is 11.5 Å². The third kappa shape index (κ3) is 2.26. The molecule has 6 nitrogen and oxygen atoms in total. The second kappa shape index (κ2) is 4.01. The Balaban J connectivity index is 2.28. The van der Waals surface area contributed by atoms with E-state index in [1.54, 1.807) is 6.21 Å². The van der Waals surface area contributed by atoms with Crippen molar-refractivity contribution in [1.29, 1.82) is 0 Å². The lowest BCUT2D eigenvalue weighted by Crippen LogP contribution is -2.21. The van der Waals surface area contributed by atoms with Gasteiger partial charge in [0.05, 0.1) is 10.9 Å². The van der Waals surface area contributed by atoms with Crippen molar-refractivity contribution < 1.29 is 0 Å². The number of guanidine groups is 1. The first kappa shape index (κ1) is 9.53. The fourth-order valence-corrected chi connectivity index (χ4v) is 1.58. The molecule has 2 aromatic rings. The van der Waals surface area contributed by atoms with Crippen LogP contribution in [0.2, 0.25) is 0 Å². The van der Waals surface area contributed by atoms with Crippen LogP contribution in [0, 0.1) is 0 Å². The van der Waals surface area contributed by atoms with Crippen LogP contribution >= 0.6 is 11.5 Å². The van der Waals surface area contributed by atoms with Gasteiger partial charge in [0.2, 0.25) is 5.96 Å². The molecule has 7 heteroatoms. The van der Waals surface area contributed by atoms with E-state index in [-0.39, 0.29) is 5.96 Å². The minimum atomic E-state index is -0.0670. The molecule has 0 atom stereocenters. The molecular formula is C8H8N6S. The van der Waals surface area contributed by atoms with Crippen LogP contribution < -0.4 is 11.5 Å². The quantitative estimate of drug-likeness (QED) is 0.431. The number of hydrogen-bond acceptors (Lipinski definition) is 5. The molecule has 1 heterocycles. The van der Waals surface area contributed by atoms with Crippen molar-refractivity contribution in [3.63, 3.8) is 0 Å². The Labute approximate surface area is 89.5 Å². The van der Waals surface area contributed by atoms with Crippen molar-refractivity contribution in [3.8, 4) is 0 Å². The van der Waals surface area contributed by atoms with Crippen LogP contribution in [0.15, 0.2) is 28.4 Å². The number of benzene rings is 1. The summed E-state index contributed by atoms with van der Waals surface area (Å²) in [6.07, 6.45) is 1.55. The molecule has 0 aliphatic carbocycles. The first-order valence-electron chi connectivity index (χ1n) is 4.10. The van der Waals surface area contributed by atoms with Gasteiger partial charge in [0.1, 0.15) is 5.52 Å². The highest BCUT2D eigenvalue weighted by molar-refractivity contribution is 7.12. The van der Waals surface area contributed by atoms with Gasteiger partial charge in [0.25, 0.3) is 0 Å². The van der Waals surface area contributed by atoms with Gasteiger partial charge in [-0.2, -0.15) is 5.10 Å². The van der Waals surface area contributed by atoms with Gasteiger partial charge in [-0.3, -0.25) is 0 Å². The van der Waals surface area contributed by atoms with Crippen LogP contribution in [0.4, 0.5) is 0 Å². The van der Waals surface area contributed by atoms with Crippen LogP contribution in [-0.2, 0) is 0 Å². The van der Waals surface area contributed by atoms with E-state index in [2.05, 4.69) is 19.8 Å². The summed E-state index contributed by atoms with van der Waals surface area (Å²) in [7, 11) is 0. The smallest absolute Gasteiger partial charge is 0.211 e. The van der Waals surface area contributed by atoms with Crippen LogP contribution in [0.3, 0.4) is 0 Å². The molecular weight excluding hydrogens is 212 g/mol. The van der Waals surface area contributed by atoms with Crippen LogP contribution in [0.1, 0.15) is 5.56 Å². The standard InChI is InChI=1S/C8H8N6S/c9-8(10)13-11-4-5-1-2-7-6(3-5)12-14-15-7/h1-4H,(H4,9,10,13). The van der Waals surface area contributed by atoms with Crippen LogP contribution in [0.25, 0.3) is 10.2 Å². The number of nitrogens with zero attached hydrogens (tertiary/aromatic N) is 4. The first-order chi connectivity index (χ1) is 7.25. The van der Waals surface area contributed by atoms with E-state index in [4.69, 9.17) is 11.5 Å². The van der Waals surface area contributed by atoms with Crippen LogP contribution in [-0.4, -0.2) is 21.8 Å². The highest BCUT2D eigenvalue weighted by Crippen LogP contribution is 2.15. The maximum atomic E-state index is 5.12. The summed E-state index contributed by atoms with van der Waals surface area (Å²) in [5, 5.41) is 11.1. The van der Waals surface area contributed by atoms with E-state index in [1.165, 1.54) is 11.5 Å². The largest absolute Gasteiger partial charge is 0.369 e. The minimum absolute atomic E-state index is 0.0670. The molecule has 0 spiro atoms. The van der Waals surface area contributed by atoms with E-state index in [1.807, 2.05) is 18.2 Å². The molecule has 0 saturated heterocycles. The topological polar surface area (TPSA) is 103 Å². The molecule has 0 aliphatic heterocycles. The molecule has 0 saturated carbocycles. The summed E-state index contributed by atoms with van der Waals surface area (Å²) in [6, 6.07) is 5.69. The number of aromatic nitrogens is 2. The lowest BCUT2D eigenvalue weighted by molar-refractivity contribution is 1.20. The lowest BCUT2D eigenvalue weighted by atomic mass is 10.2. The molecule has 2 rings (SSSR count). The second-order valence-electron chi connectivity index (χ2n) is 2.77. The molecule has 0 fully saturated rings. The number of hydrogen-bond donors (Lipinski definition) is 2. The van der Waals surface area contributed by atoms with Gasteiger partial charge in [-0.25, -0.2) is 0 Å². The maximum Gasteiger partial charge on any atom is 0.211 e. The summed E-state index contributed by atoms with van der Waals surface area (Å²) in [4.78, 5) is 0. The predicted molar refractivity (Wildman–Crippen MR) is 60.8 cm³/mol. The van der Waals surface area contributed by atoms with Crippen molar-refractivity contribution in [2.45, 2.75) is 0 Å². The van der Waals surface area contributed by atoms with E-state index in [9.17, 15) is 0 Å². The molecule has 15 heavy (non-hydrogen) atoms. The molecule has 1 aromatic carbocycles. The zero-order valence-corrected chi connectivity index (χ0v) is 8.48. The second-order valence-corrected chi connectivity index (χ2v) is 3.56. The van der Waals surface area contributed by atoms with Crippen molar-refractivity contribution in [1.82, 2.24) is 9.59 Å². The number of rotatable bonds is 2. The van der Waals surface area contributed by atoms with Crippen molar-refractivity contribution in [2.75, 3.05) is 0 Å². The van der Waals surface area contributed by atoms with Gasteiger partial charge >= 0.3 is 0 Å². The third-order valence-electron chi connectivity index (χ3n) is 1.65. The number of nitrogens with two attached hydrogens (primary N) is 2. The normalized spacial score (nSPS) is 10.9.